The fourth-order valence-electron chi connectivity index (χ4n) is 4.02. The molecule has 0 aliphatic carbocycles. The number of Topliss-reactive ketones (excluding diaryl/α,β-unsaturated/α-hetero) is 1. The third-order valence-corrected chi connectivity index (χ3v) is 5.46. The summed E-state index contributed by atoms with van der Waals surface area (Å²) in [7, 11) is 0. The summed E-state index contributed by atoms with van der Waals surface area (Å²) in [6, 6.07) is 5.11. The first-order valence-corrected chi connectivity index (χ1v) is 10.6. The van der Waals surface area contributed by atoms with Gasteiger partial charge in [0.05, 0.1) is 28.9 Å². The molecule has 1 aromatic heterocycles. The van der Waals surface area contributed by atoms with Crippen LogP contribution in [0.1, 0.15) is 73.6 Å². The Morgan fingerprint density at radius 2 is 1.48 bits per heavy atom. The van der Waals surface area contributed by atoms with Crippen molar-refractivity contribution in [3.05, 3.63) is 57.9 Å². The number of ketones is 1. The van der Waals surface area contributed by atoms with Crippen LogP contribution in [-0.2, 0) is 14.3 Å². The van der Waals surface area contributed by atoms with E-state index in [1.165, 1.54) is 12.1 Å². The van der Waals surface area contributed by atoms with Crippen LogP contribution in [0.25, 0.3) is 0 Å². The summed E-state index contributed by atoms with van der Waals surface area (Å²) in [5.41, 5.74) is 1.52. The molecule has 2 amide bonds. The zero-order chi connectivity index (χ0) is 24.4. The van der Waals surface area contributed by atoms with Crippen molar-refractivity contribution in [2.24, 2.45) is 5.92 Å². The molecule has 1 unspecified atom stereocenters. The highest BCUT2D eigenvalue weighted by molar-refractivity contribution is 6.22. The minimum absolute atomic E-state index is 0.0839. The monoisotopic (exact) mass is 454 g/mol. The van der Waals surface area contributed by atoms with Gasteiger partial charge in [-0.2, -0.15) is 0 Å². The first-order chi connectivity index (χ1) is 15.6. The van der Waals surface area contributed by atoms with E-state index >= 15 is 0 Å². The first kappa shape index (κ1) is 23.9. The molecule has 0 fully saturated rings. The molecule has 1 atom stereocenters. The molecule has 1 aliphatic heterocycles. The van der Waals surface area contributed by atoms with Gasteiger partial charge in [-0.05, 0) is 38.8 Å². The molecular formula is C24H26N2O7. The Morgan fingerprint density at radius 3 is 2.00 bits per heavy atom. The molecule has 0 saturated heterocycles. The predicted octanol–water partition coefficient (Wildman–Crippen LogP) is 2.85. The Kier molecular flexibility index (Phi) is 6.81. The number of hydrogen-bond acceptors (Lipinski definition) is 7. The molecule has 1 aromatic carbocycles. The number of ether oxygens (including phenoxy) is 2. The summed E-state index contributed by atoms with van der Waals surface area (Å²) in [5.74, 6) is -3.76. The Bertz CT molecular complexity index is 1110. The maximum Gasteiger partial charge on any atom is 0.340 e. The molecule has 1 aliphatic rings. The standard InChI is InChI=1S/C24H26N2O7/c1-6-32-23(30)19-14(5)25-13(4)18(19)17(27)11-33-24(31)20(12(2)3)26-21(28)15-9-7-8-10-16(15)22(26)29/h7-10,12,20,25H,6,11H2,1-5H3. The topological polar surface area (TPSA) is 123 Å². The van der Waals surface area contributed by atoms with E-state index in [9.17, 15) is 24.0 Å². The van der Waals surface area contributed by atoms with Crippen molar-refractivity contribution in [2.75, 3.05) is 13.2 Å². The summed E-state index contributed by atoms with van der Waals surface area (Å²) >= 11 is 0. The first-order valence-electron chi connectivity index (χ1n) is 10.6. The Balaban J connectivity index is 1.80. The maximum atomic E-state index is 12.9. The van der Waals surface area contributed by atoms with Gasteiger partial charge < -0.3 is 14.5 Å². The average Bonchev–Trinajstić information content (AvgIpc) is 3.20. The number of rotatable bonds is 8. The molecule has 9 heteroatoms. The van der Waals surface area contributed by atoms with Gasteiger partial charge in [0, 0.05) is 11.4 Å². The average molecular weight is 454 g/mol. The number of nitrogens with zero attached hydrogens (tertiary/aromatic N) is 1. The Labute approximate surface area is 191 Å². The third-order valence-electron chi connectivity index (χ3n) is 5.46. The summed E-state index contributed by atoms with van der Waals surface area (Å²) in [6.45, 7) is 7.75. The second-order valence-electron chi connectivity index (χ2n) is 8.09. The summed E-state index contributed by atoms with van der Waals surface area (Å²) in [4.78, 5) is 67.6. The number of esters is 2. The van der Waals surface area contributed by atoms with Crippen LogP contribution in [0.4, 0.5) is 0 Å². The van der Waals surface area contributed by atoms with Gasteiger partial charge >= 0.3 is 11.9 Å². The number of fused-ring (bicyclic) bond motifs is 1. The lowest BCUT2D eigenvalue weighted by Gasteiger charge is -2.27. The van der Waals surface area contributed by atoms with E-state index < -0.39 is 48.1 Å². The number of benzene rings is 1. The summed E-state index contributed by atoms with van der Waals surface area (Å²) in [5, 5.41) is 0. The fourth-order valence-corrected chi connectivity index (χ4v) is 4.02. The number of carbonyl (C=O) groups excluding carboxylic acids is 5. The zero-order valence-corrected chi connectivity index (χ0v) is 19.2. The van der Waals surface area contributed by atoms with Crippen molar-refractivity contribution in [2.45, 2.75) is 40.7 Å². The number of aromatic nitrogens is 1. The number of nitrogens with one attached hydrogen (secondary N) is 1. The number of H-pyrrole nitrogens is 1. The largest absolute Gasteiger partial charge is 0.462 e. The van der Waals surface area contributed by atoms with Crippen molar-refractivity contribution in [3.8, 4) is 0 Å². The van der Waals surface area contributed by atoms with Gasteiger partial charge in [-0.1, -0.05) is 26.0 Å². The Morgan fingerprint density at radius 1 is 0.939 bits per heavy atom. The number of imide groups is 1. The van der Waals surface area contributed by atoms with Gasteiger partial charge in [0.15, 0.2) is 6.61 Å². The minimum Gasteiger partial charge on any atom is -0.462 e. The smallest absolute Gasteiger partial charge is 0.340 e. The SMILES string of the molecule is CCOC(=O)c1c(C)[nH]c(C)c1C(=O)COC(=O)C(C(C)C)N1C(=O)c2ccccc2C1=O. The predicted molar refractivity (Wildman–Crippen MR) is 117 cm³/mol. The van der Waals surface area contributed by atoms with E-state index in [-0.39, 0.29) is 28.9 Å². The van der Waals surface area contributed by atoms with Crippen molar-refractivity contribution < 1.29 is 33.4 Å². The van der Waals surface area contributed by atoms with Crippen LogP contribution in [0.15, 0.2) is 24.3 Å². The molecule has 0 radical (unpaired) electrons. The molecule has 2 heterocycles. The third kappa shape index (κ3) is 4.30. The normalized spacial score (nSPS) is 13.8. The molecule has 174 valence electrons. The van der Waals surface area contributed by atoms with E-state index in [0.29, 0.717) is 11.4 Å². The van der Waals surface area contributed by atoms with Gasteiger partial charge in [0.1, 0.15) is 6.04 Å². The second kappa shape index (κ2) is 9.40. The fraction of sp³-hybridized carbons (Fsp3) is 0.375. The lowest BCUT2D eigenvalue weighted by atomic mass is 10.0. The van der Waals surface area contributed by atoms with Gasteiger partial charge in [-0.3, -0.25) is 19.3 Å². The lowest BCUT2D eigenvalue weighted by molar-refractivity contribution is -0.148. The van der Waals surface area contributed by atoms with Crippen LogP contribution < -0.4 is 0 Å². The van der Waals surface area contributed by atoms with Gasteiger partial charge in [-0.25, -0.2) is 9.59 Å². The molecule has 2 aromatic rings. The zero-order valence-electron chi connectivity index (χ0n) is 19.2. The minimum atomic E-state index is -1.20. The summed E-state index contributed by atoms with van der Waals surface area (Å²) < 4.78 is 10.3. The lowest BCUT2D eigenvalue weighted by Crippen LogP contribution is -2.49. The highest BCUT2D eigenvalue weighted by Gasteiger charge is 2.44. The van der Waals surface area contributed by atoms with Crippen LogP contribution in [0.5, 0.6) is 0 Å². The van der Waals surface area contributed by atoms with Crippen LogP contribution in [0.3, 0.4) is 0 Å². The maximum absolute atomic E-state index is 12.9. The molecule has 33 heavy (non-hydrogen) atoms. The van der Waals surface area contributed by atoms with Crippen LogP contribution in [0.2, 0.25) is 0 Å². The van der Waals surface area contributed by atoms with Crippen LogP contribution in [-0.4, -0.2) is 58.7 Å². The number of amides is 2. The van der Waals surface area contributed by atoms with E-state index in [1.807, 2.05) is 0 Å². The van der Waals surface area contributed by atoms with Gasteiger partial charge in [0.2, 0.25) is 5.78 Å². The number of hydrogen-bond donors (Lipinski definition) is 1. The molecule has 1 N–H and O–H groups in total. The van der Waals surface area contributed by atoms with Gasteiger partial charge in [-0.15, -0.1) is 0 Å². The van der Waals surface area contributed by atoms with Crippen molar-refractivity contribution in [1.82, 2.24) is 9.88 Å². The number of carbonyl (C=O) groups is 5. The van der Waals surface area contributed by atoms with Crippen LogP contribution >= 0.6 is 0 Å². The Hall–Kier alpha value is -3.75. The van der Waals surface area contributed by atoms with Crippen molar-refractivity contribution in [3.63, 3.8) is 0 Å². The highest BCUT2D eigenvalue weighted by atomic mass is 16.5. The van der Waals surface area contributed by atoms with E-state index in [0.717, 1.165) is 4.90 Å². The highest BCUT2D eigenvalue weighted by Crippen LogP contribution is 2.28. The van der Waals surface area contributed by atoms with Crippen molar-refractivity contribution in [1.29, 1.82) is 0 Å². The quantitative estimate of drug-likeness (QED) is 0.370. The number of aromatic amines is 1. The number of aryl methyl sites for hydroxylation is 2. The summed E-state index contributed by atoms with van der Waals surface area (Å²) in [6.07, 6.45) is 0. The van der Waals surface area contributed by atoms with E-state index in [4.69, 9.17) is 9.47 Å². The van der Waals surface area contributed by atoms with E-state index in [1.54, 1.807) is 46.8 Å². The molecule has 0 spiro atoms. The second-order valence-corrected chi connectivity index (χ2v) is 8.09. The molecule has 0 saturated carbocycles. The molecule has 9 nitrogen and oxygen atoms in total. The van der Waals surface area contributed by atoms with Crippen LogP contribution in [0, 0.1) is 19.8 Å². The molecule has 0 bridgehead atoms. The molecular weight excluding hydrogens is 428 g/mol. The van der Waals surface area contributed by atoms with Gasteiger partial charge in [0.25, 0.3) is 11.8 Å². The van der Waals surface area contributed by atoms with Crippen molar-refractivity contribution >= 4 is 29.5 Å². The molecule has 3 rings (SSSR count). The van der Waals surface area contributed by atoms with E-state index in [2.05, 4.69) is 4.98 Å².